The van der Waals surface area contributed by atoms with Crippen molar-refractivity contribution in [3.8, 4) is 0 Å². The van der Waals surface area contributed by atoms with Crippen LogP contribution in [0.25, 0.3) is 0 Å². The summed E-state index contributed by atoms with van der Waals surface area (Å²) in [5, 5.41) is 20.0. The smallest absolute Gasteiger partial charge is 0.0639 e. The Kier molecular flexibility index (Phi) is 6.32. The van der Waals surface area contributed by atoms with E-state index in [1.54, 1.807) is 5.57 Å². The maximum atomic E-state index is 10.7. The van der Waals surface area contributed by atoms with Gasteiger partial charge in [0.15, 0.2) is 0 Å². The number of aliphatic hydroxyl groups is 2. The van der Waals surface area contributed by atoms with E-state index in [2.05, 4.69) is 46.8 Å². The van der Waals surface area contributed by atoms with E-state index in [9.17, 15) is 10.2 Å². The molecule has 0 bridgehead atoms. The van der Waals surface area contributed by atoms with Gasteiger partial charge in [-0.3, -0.25) is 0 Å². The largest absolute Gasteiger partial charge is 0.392 e. The van der Waals surface area contributed by atoms with Crippen molar-refractivity contribution in [3.05, 3.63) is 23.3 Å². The lowest BCUT2D eigenvalue weighted by atomic mass is 9.44. The van der Waals surface area contributed by atoms with Gasteiger partial charge in [0.2, 0.25) is 0 Å². The summed E-state index contributed by atoms with van der Waals surface area (Å²) < 4.78 is 0. The molecule has 2 N–H and O–H groups in total. The highest BCUT2D eigenvalue weighted by atomic mass is 16.3. The summed E-state index contributed by atoms with van der Waals surface area (Å²) in [6.07, 6.45) is 16.0. The molecule has 0 radical (unpaired) electrons. The summed E-state index contributed by atoms with van der Waals surface area (Å²) in [6.45, 7) is 14.5. The van der Waals surface area contributed by atoms with E-state index in [0.29, 0.717) is 10.8 Å². The predicted molar refractivity (Wildman–Crippen MR) is 130 cm³/mol. The number of allylic oxidation sites excluding steroid dienone is 2. The van der Waals surface area contributed by atoms with Gasteiger partial charge in [-0.1, -0.05) is 57.9 Å². The summed E-state index contributed by atoms with van der Waals surface area (Å²) in [5.41, 5.74) is 3.43. The summed E-state index contributed by atoms with van der Waals surface area (Å²) in [7, 11) is 0. The molecule has 0 aromatic heterocycles. The van der Waals surface area contributed by atoms with E-state index >= 15 is 0 Å². The molecular formula is C29H48O2. The SMILES string of the molecule is CC(=CCC[C@@H](C)[C@H]1CC[C@H]2[C@@H]3CC=C4C(C)(C)C(O)CC[C@]4(C)[C@H]3CC[C@]12C)CO. The van der Waals surface area contributed by atoms with Crippen LogP contribution in [-0.4, -0.2) is 22.9 Å². The predicted octanol–water partition coefficient (Wildman–Crippen LogP) is 6.92. The highest BCUT2D eigenvalue weighted by Gasteiger charge is 2.61. The number of hydrogen-bond donors (Lipinski definition) is 2. The third-order valence-electron chi connectivity index (χ3n) is 11.1. The molecule has 0 saturated heterocycles. The summed E-state index contributed by atoms with van der Waals surface area (Å²) in [4.78, 5) is 0. The lowest BCUT2D eigenvalue weighted by Gasteiger charge is -2.61. The Morgan fingerprint density at radius 2 is 1.84 bits per heavy atom. The zero-order chi connectivity index (χ0) is 22.6. The van der Waals surface area contributed by atoms with Crippen molar-refractivity contribution >= 4 is 0 Å². The van der Waals surface area contributed by atoms with Gasteiger partial charge in [-0.2, -0.15) is 0 Å². The second-order valence-corrected chi connectivity index (χ2v) is 12.9. The molecule has 0 spiro atoms. The fourth-order valence-corrected chi connectivity index (χ4v) is 9.22. The van der Waals surface area contributed by atoms with Crippen molar-refractivity contribution in [1.29, 1.82) is 0 Å². The molecule has 31 heavy (non-hydrogen) atoms. The molecule has 4 aliphatic rings. The second-order valence-electron chi connectivity index (χ2n) is 12.9. The first-order valence-corrected chi connectivity index (χ1v) is 13.2. The first-order valence-electron chi connectivity index (χ1n) is 13.2. The molecule has 2 heteroatoms. The minimum atomic E-state index is -0.183. The monoisotopic (exact) mass is 428 g/mol. The van der Waals surface area contributed by atoms with Crippen molar-refractivity contribution in [2.24, 2.45) is 45.8 Å². The van der Waals surface area contributed by atoms with Crippen LogP contribution in [0.15, 0.2) is 23.3 Å². The molecule has 3 fully saturated rings. The van der Waals surface area contributed by atoms with Crippen LogP contribution >= 0.6 is 0 Å². The normalized spacial score (nSPS) is 45.4. The molecule has 0 heterocycles. The van der Waals surface area contributed by atoms with Crippen LogP contribution in [0.1, 0.15) is 99.3 Å². The van der Waals surface area contributed by atoms with Crippen LogP contribution < -0.4 is 0 Å². The van der Waals surface area contributed by atoms with E-state index in [1.807, 2.05) is 6.92 Å². The number of rotatable bonds is 5. The highest BCUT2D eigenvalue weighted by molar-refractivity contribution is 5.31. The van der Waals surface area contributed by atoms with Crippen LogP contribution in [0, 0.1) is 45.8 Å². The Labute approximate surface area is 191 Å². The Balaban J connectivity index is 1.53. The second kappa shape index (κ2) is 8.32. The van der Waals surface area contributed by atoms with Gasteiger partial charge in [0.05, 0.1) is 12.7 Å². The van der Waals surface area contributed by atoms with Crippen LogP contribution in [0.4, 0.5) is 0 Å². The Morgan fingerprint density at radius 1 is 1.10 bits per heavy atom. The Bertz CT molecular complexity index is 733. The van der Waals surface area contributed by atoms with E-state index in [4.69, 9.17) is 0 Å². The van der Waals surface area contributed by atoms with Crippen molar-refractivity contribution in [1.82, 2.24) is 0 Å². The summed E-state index contributed by atoms with van der Waals surface area (Å²) in [6, 6.07) is 0. The molecule has 2 nitrogen and oxygen atoms in total. The topological polar surface area (TPSA) is 40.5 Å². The van der Waals surface area contributed by atoms with Crippen molar-refractivity contribution in [2.75, 3.05) is 6.61 Å². The molecule has 3 saturated carbocycles. The van der Waals surface area contributed by atoms with Gasteiger partial charge in [0, 0.05) is 5.41 Å². The fourth-order valence-electron chi connectivity index (χ4n) is 9.22. The summed E-state index contributed by atoms with van der Waals surface area (Å²) in [5.74, 6) is 4.14. The average Bonchev–Trinajstić information content (AvgIpc) is 3.08. The number of aliphatic hydroxyl groups excluding tert-OH is 2. The molecule has 4 rings (SSSR count). The van der Waals surface area contributed by atoms with Crippen LogP contribution in [0.5, 0.6) is 0 Å². The molecule has 0 aliphatic heterocycles. The van der Waals surface area contributed by atoms with Gasteiger partial charge in [0.1, 0.15) is 0 Å². The quantitative estimate of drug-likeness (QED) is 0.467. The molecule has 0 aromatic rings. The molecular weight excluding hydrogens is 380 g/mol. The summed E-state index contributed by atoms with van der Waals surface area (Å²) >= 11 is 0. The van der Waals surface area contributed by atoms with Crippen LogP contribution in [-0.2, 0) is 0 Å². The molecule has 176 valence electrons. The third-order valence-corrected chi connectivity index (χ3v) is 11.1. The van der Waals surface area contributed by atoms with Gasteiger partial charge in [-0.25, -0.2) is 0 Å². The zero-order valence-corrected chi connectivity index (χ0v) is 21.1. The maximum absolute atomic E-state index is 10.7. The molecule has 1 unspecified atom stereocenters. The number of fused-ring (bicyclic) bond motifs is 5. The first-order chi connectivity index (χ1) is 14.6. The van der Waals surface area contributed by atoms with Gasteiger partial charge in [0.25, 0.3) is 0 Å². The Morgan fingerprint density at radius 3 is 2.55 bits per heavy atom. The fraction of sp³-hybridized carbons (Fsp3) is 0.862. The van der Waals surface area contributed by atoms with Crippen molar-refractivity contribution < 1.29 is 10.2 Å². The maximum Gasteiger partial charge on any atom is 0.0639 e. The molecule has 0 aromatic carbocycles. The average molecular weight is 429 g/mol. The first kappa shape index (κ1) is 23.6. The van der Waals surface area contributed by atoms with E-state index < -0.39 is 0 Å². The van der Waals surface area contributed by atoms with Crippen LogP contribution in [0.2, 0.25) is 0 Å². The molecule has 8 atom stereocenters. The van der Waals surface area contributed by atoms with E-state index in [1.165, 1.54) is 44.9 Å². The zero-order valence-electron chi connectivity index (χ0n) is 21.1. The van der Waals surface area contributed by atoms with E-state index in [0.717, 1.165) is 48.0 Å². The lowest BCUT2D eigenvalue weighted by Crippen LogP contribution is -2.54. The lowest BCUT2D eigenvalue weighted by molar-refractivity contribution is -0.0781. The molecule has 0 amide bonds. The Hall–Kier alpha value is -0.600. The van der Waals surface area contributed by atoms with Gasteiger partial charge in [-0.05, 0) is 105 Å². The van der Waals surface area contributed by atoms with Gasteiger partial charge in [-0.15, -0.1) is 0 Å². The van der Waals surface area contributed by atoms with E-state index in [-0.39, 0.29) is 18.1 Å². The van der Waals surface area contributed by atoms with Crippen molar-refractivity contribution in [3.63, 3.8) is 0 Å². The molecule has 4 aliphatic carbocycles. The van der Waals surface area contributed by atoms with Crippen LogP contribution in [0.3, 0.4) is 0 Å². The minimum Gasteiger partial charge on any atom is -0.392 e. The van der Waals surface area contributed by atoms with Gasteiger partial charge >= 0.3 is 0 Å². The minimum absolute atomic E-state index is 0.0638. The van der Waals surface area contributed by atoms with Crippen molar-refractivity contribution in [2.45, 2.75) is 105 Å². The highest BCUT2D eigenvalue weighted by Crippen LogP contribution is 2.68. The number of hydrogen-bond acceptors (Lipinski definition) is 2. The standard InChI is InChI=1S/C29H48O2/c1-19(18-30)8-7-9-20(2)22-11-12-23-21-10-13-25-27(3,4)26(31)15-17-29(25,6)24(21)14-16-28(22,23)5/h8,13,20-24,26,30-31H,7,9-12,14-18H2,1-6H3/t20-,21+,22-,23+,24+,26?,28-,29-/m1/s1. The third kappa shape index (κ3) is 3.68. The van der Waals surface area contributed by atoms with Gasteiger partial charge < -0.3 is 10.2 Å².